The van der Waals surface area contributed by atoms with E-state index in [9.17, 15) is 12.8 Å². The van der Waals surface area contributed by atoms with Gasteiger partial charge in [-0.05, 0) is 23.8 Å². The molecule has 0 fully saturated rings. The number of halogens is 1. The Hall–Kier alpha value is -1.99. The maximum atomic E-state index is 13.5. The SMILES string of the molecule is NC(=S)c1cccc(CS(=O)(=O)Nc2ccccc2F)c1. The predicted octanol–water partition coefficient (Wildman–Crippen LogP) is 2.40. The van der Waals surface area contributed by atoms with Crippen molar-refractivity contribution in [2.45, 2.75) is 5.75 Å². The minimum atomic E-state index is -3.73. The summed E-state index contributed by atoms with van der Waals surface area (Å²) in [5.74, 6) is -0.921. The molecule has 21 heavy (non-hydrogen) atoms. The molecule has 0 aromatic heterocycles. The van der Waals surface area contributed by atoms with E-state index in [2.05, 4.69) is 4.72 Å². The summed E-state index contributed by atoms with van der Waals surface area (Å²) < 4.78 is 39.8. The Balaban J connectivity index is 2.20. The van der Waals surface area contributed by atoms with Crippen LogP contribution in [0.25, 0.3) is 0 Å². The fourth-order valence-corrected chi connectivity index (χ4v) is 3.10. The van der Waals surface area contributed by atoms with Gasteiger partial charge in [0.2, 0.25) is 10.0 Å². The normalized spacial score (nSPS) is 11.1. The molecule has 0 amide bonds. The number of anilines is 1. The van der Waals surface area contributed by atoms with Gasteiger partial charge < -0.3 is 5.73 Å². The maximum absolute atomic E-state index is 13.5. The monoisotopic (exact) mass is 324 g/mol. The Morgan fingerprint density at radius 3 is 2.57 bits per heavy atom. The lowest BCUT2D eigenvalue weighted by atomic mass is 10.1. The number of hydrogen-bond acceptors (Lipinski definition) is 3. The molecule has 0 saturated heterocycles. The Morgan fingerprint density at radius 2 is 1.90 bits per heavy atom. The van der Waals surface area contributed by atoms with Gasteiger partial charge in [0.25, 0.3) is 0 Å². The third-order valence-corrected chi connectivity index (χ3v) is 4.19. The molecular weight excluding hydrogens is 311 g/mol. The number of hydrogen-bond donors (Lipinski definition) is 2. The van der Waals surface area contributed by atoms with Gasteiger partial charge in [-0.25, -0.2) is 12.8 Å². The Kier molecular flexibility index (Phi) is 4.54. The fraction of sp³-hybridized carbons (Fsp3) is 0.0714. The lowest BCUT2D eigenvalue weighted by Crippen LogP contribution is -2.16. The second-order valence-corrected chi connectivity index (χ2v) is 6.57. The van der Waals surface area contributed by atoms with Crippen LogP contribution in [-0.4, -0.2) is 13.4 Å². The largest absolute Gasteiger partial charge is 0.389 e. The molecule has 0 aliphatic carbocycles. The lowest BCUT2D eigenvalue weighted by molar-refractivity contribution is 0.598. The molecule has 0 unspecified atom stereocenters. The van der Waals surface area contributed by atoms with Gasteiger partial charge in [0.05, 0.1) is 11.4 Å². The molecule has 0 radical (unpaired) electrons. The number of para-hydroxylation sites is 1. The quantitative estimate of drug-likeness (QED) is 0.829. The second-order valence-electron chi connectivity index (χ2n) is 4.41. The highest BCUT2D eigenvalue weighted by Gasteiger charge is 2.14. The molecule has 0 atom stereocenters. The van der Waals surface area contributed by atoms with Crippen molar-refractivity contribution in [2.24, 2.45) is 5.73 Å². The maximum Gasteiger partial charge on any atom is 0.237 e. The van der Waals surface area contributed by atoms with Crippen molar-refractivity contribution in [1.82, 2.24) is 0 Å². The highest BCUT2D eigenvalue weighted by molar-refractivity contribution is 7.91. The smallest absolute Gasteiger partial charge is 0.237 e. The first kappa shape index (κ1) is 15.4. The van der Waals surface area contributed by atoms with Crippen molar-refractivity contribution < 1.29 is 12.8 Å². The number of rotatable bonds is 5. The van der Waals surface area contributed by atoms with Crippen molar-refractivity contribution in [2.75, 3.05) is 4.72 Å². The van der Waals surface area contributed by atoms with Crippen LogP contribution in [0.3, 0.4) is 0 Å². The molecule has 0 aliphatic rings. The van der Waals surface area contributed by atoms with Gasteiger partial charge in [0.15, 0.2) is 0 Å². The van der Waals surface area contributed by atoms with Gasteiger partial charge in [-0.2, -0.15) is 0 Å². The lowest BCUT2D eigenvalue weighted by Gasteiger charge is -2.09. The van der Waals surface area contributed by atoms with Crippen molar-refractivity contribution >= 4 is 32.9 Å². The van der Waals surface area contributed by atoms with Crippen LogP contribution in [0.5, 0.6) is 0 Å². The van der Waals surface area contributed by atoms with Gasteiger partial charge >= 0.3 is 0 Å². The van der Waals surface area contributed by atoms with E-state index in [1.165, 1.54) is 18.2 Å². The van der Waals surface area contributed by atoms with Crippen LogP contribution in [-0.2, 0) is 15.8 Å². The molecule has 3 N–H and O–H groups in total. The summed E-state index contributed by atoms with van der Waals surface area (Å²) in [5, 5.41) is 0. The van der Waals surface area contributed by atoms with Gasteiger partial charge in [-0.3, -0.25) is 4.72 Å². The van der Waals surface area contributed by atoms with E-state index in [0.717, 1.165) is 0 Å². The summed E-state index contributed by atoms with van der Waals surface area (Å²) in [6.07, 6.45) is 0. The molecule has 0 saturated carbocycles. The van der Waals surface area contributed by atoms with Crippen LogP contribution in [0.1, 0.15) is 11.1 Å². The molecule has 2 aromatic rings. The summed E-state index contributed by atoms with van der Waals surface area (Å²) >= 11 is 4.85. The molecule has 0 bridgehead atoms. The van der Waals surface area contributed by atoms with Crippen molar-refractivity contribution in [3.8, 4) is 0 Å². The molecular formula is C14H13FN2O2S2. The second kappa shape index (κ2) is 6.19. The van der Waals surface area contributed by atoms with Gasteiger partial charge in [-0.15, -0.1) is 0 Å². The third kappa shape index (κ3) is 4.24. The molecule has 2 rings (SSSR count). The van der Waals surface area contributed by atoms with Crippen LogP contribution < -0.4 is 10.5 Å². The summed E-state index contributed by atoms with van der Waals surface area (Å²) in [6.45, 7) is 0. The molecule has 110 valence electrons. The fourth-order valence-electron chi connectivity index (χ4n) is 1.78. The van der Waals surface area contributed by atoms with Crippen LogP contribution in [0, 0.1) is 5.82 Å². The average Bonchev–Trinajstić information content (AvgIpc) is 2.41. The minimum absolute atomic E-state index is 0.0806. The zero-order valence-corrected chi connectivity index (χ0v) is 12.5. The zero-order chi connectivity index (χ0) is 15.5. The van der Waals surface area contributed by atoms with Crippen LogP contribution in [0.4, 0.5) is 10.1 Å². The number of thiocarbonyl (C=S) groups is 1. The molecule has 7 heteroatoms. The van der Waals surface area contributed by atoms with Gasteiger partial charge in [0.1, 0.15) is 10.8 Å². The minimum Gasteiger partial charge on any atom is -0.389 e. The Morgan fingerprint density at radius 1 is 1.19 bits per heavy atom. The van der Waals surface area contributed by atoms with E-state index in [0.29, 0.717) is 11.1 Å². The van der Waals surface area contributed by atoms with Crippen LogP contribution >= 0.6 is 12.2 Å². The van der Waals surface area contributed by atoms with Crippen molar-refractivity contribution in [3.05, 3.63) is 65.5 Å². The molecule has 2 aromatic carbocycles. The summed E-state index contributed by atoms with van der Waals surface area (Å²) in [7, 11) is -3.73. The van der Waals surface area contributed by atoms with E-state index >= 15 is 0 Å². The molecule has 0 spiro atoms. The molecule has 0 aliphatic heterocycles. The van der Waals surface area contributed by atoms with Gasteiger partial charge in [-0.1, -0.05) is 42.5 Å². The average molecular weight is 324 g/mol. The van der Waals surface area contributed by atoms with Crippen LogP contribution in [0.2, 0.25) is 0 Å². The summed E-state index contributed by atoms with van der Waals surface area (Å²) in [4.78, 5) is 0.191. The van der Waals surface area contributed by atoms with E-state index in [1.807, 2.05) is 0 Å². The molecule has 4 nitrogen and oxygen atoms in total. The Labute approximate surface area is 127 Å². The summed E-state index contributed by atoms with van der Waals surface area (Å²) in [5.41, 5.74) is 6.53. The number of sulfonamides is 1. The predicted molar refractivity (Wildman–Crippen MR) is 85.0 cm³/mol. The first-order valence-corrected chi connectivity index (χ1v) is 8.07. The van der Waals surface area contributed by atoms with E-state index < -0.39 is 15.8 Å². The highest BCUT2D eigenvalue weighted by Crippen LogP contribution is 2.17. The first-order chi connectivity index (χ1) is 9.87. The van der Waals surface area contributed by atoms with Gasteiger partial charge in [0, 0.05) is 5.56 Å². The van der Waals surface area contributed by atoms with Crippen molar-refractivity contribution in [3.63, 3.8) is 0 Å². The van der Waals surface area contributed by atoms with E-state index in [4.69, 9.17) is 18.0 Å². The topological polar surface area (TPSA) is 72.2 Å². The third-order valence-electron chi connectivity index (χ3n) is 2.71. The highest BCUT2D eigenvalue weighted by atomic mass is 32.2. The van der Waals surface area contributed by atoms with E-state index in [1.54, 1.807) is 30.3 Å². The van der Waals surface area contributed by atoms with Crippen LogP contribution in [0.15, 0.2) is 48.5 Å². The summed E-state index contributed by atoms with van der Waals surface area (Å²) in [6, 6.07) is 12.2. The number of nitrogens with two attached hydrogens (primary N) is 1. The van der Waals surface area contributed by atoms with Crippen molar-refractivity contribution in [1.29, 1.82) is 0 Å². The number of nitrogens with one attached hydrogen (secondary N) is 1. The standard InChI is InChI=1S/C14H13FN2O2S2/c15-12-6-1-2-7-13(12)17-21(18,19)9-10-4-3-5-11(8-10)14(16)20/h1-8,17H,9H2,(H2,16,20). The van der Waals surface area contributed by atoms with E-state index in [-0.39, 0.29) is 16.4 Å². The number of benzene rings is 2. The Bertz CT molecular complexity index is 776. The zero-order valence-electron chi connectivity index (χ0n) is 10.9. The molecule has 0 heterocycles. The first-order valence-electron chi connectivity index (χ1n) is 6.01.